The highest BCUT2D eigenvalue weighted by atomic mass is 32.1. The number of amides is 1. The number of para-hydroxylation sites is 1. The number of aromatic nitrogens is 1. The van der Waals surface area contributed by atoms with E-state index < -0.39 is 23.7 Å². The van der Waals surface area contributed by atoms with Crippen LogP contribution in [0.4, 0.5) is 5.13 Å². The number of hydrogen-bond acceptors (Lipinski definition) is 9. The van der Waals surface area contributed by atoms with E-state index in [4.69, 9.17) is 14.2 Å². The number of Topliss-reactive ketones (excluding diaryl/α,β-unsaturated/α-hetero) is 1. The van der Waals surface area contributed by atoms with Gasteiger partial charge in [-0.1, -0.05) is 67.1 Å². The molecule has 1 saturated heterocycles. The Hall–Kier alpha value is -4.96. The van der Waals surface area contributed by atoms with E-state index in [2.05, 4.69) is 11.9 Å². The molecular weight excluding hydrogens is 580 g/mol. The summed E-state index contributed by atoms with van der Waals surface area (Å²) in [6, 6.07) is 21.8. The van der Waals surface area contributed by atoms with Gasteiger partial charge in [0.25, 0.3) is 5.78 Å². The van der Waals surface area contributed by atoms with E-state index in [1.54, 1.807) is 62.4 Å². The fraction of sp³-hybridized carbons (Fsp3) is 0.235. The fourth-order valence-electron chi connectivity index (χ4n) is 4.81. The van der Waals surface area contributed by atoms with Crippen molar-refractivity contribution in [3.63, 3.8) is 0 Å². The largest absolute Gasteiger partial charge is 0.507 e. The summed E-state index contributed by atoms with van der Waals surface area (Å²) < 4.78 is 17.0. The zero-order chi connectivity index (χ0) is 31.2. The minimum atomic E-state index is -1.07. The number of ether oxygens (including phenoxy) is 3. The molecule has 1 aliphatic heterocycles. The second kappa shape index (κ2) is 13.6. The summed E-state index contributed by atoms with van der Waals surface area (Å²) in [5.74, 6) is -1.09. The molecule has 5 rings (SSSR count). The first-order chi connectivity index (χ1) is 21.3. The lowest BCUT2D eigenvalue weighted by molar-refractivity contribution is -0.132. The molecule has 1 N–H and O–H groups in total. The van der Waals surface area contributed by atoms with Crippen LogP contribution < -0.4 is 14.4 Å². The SMILES string of the molecule is CCCCOc1cccc(/C(O)=C2\C(=O)C(=O)N(c3nc(C)c(C(=O)OCC)s3)C2c2cccc(Oc3ccccc3)c2)c1. The van der Waals surface area contributed by atoms with E-state index in [-0.39, 0.29) is 27.9 Å². The number of aliphatic hydroxyl groups excluding tert-OH is 1. The summed E-state index contributed by atoms with van der Waals surface area (Å²) in [6.07, 6.45) is 1.83. The highest BCUT2D eigenvalue weighted by Gasteiger charge is 2.48. The number of thiazole rings is 1. The van der Waals surface area contributed by atoms with Crippen LogP contribution in [0.3, 0.4) is 0 Å². The Bertz CT molecular complexity index is 1710. The number of aliphatic hydroxyl groups is 1. The van der Waals surface area contributed by atoms with Crippen molar-refractivity contribution >= 4 is 39.9 Å². The Morgan fingerprint density at radius 1 is 0.955 bits per heavy atom. The highest BCUT2D eigenvalue weighted by Crippen LogP contribution is 2.45. The van der Waals surface area contributed by atoms with Crippen molar-refractivity contribution in [2.24, 2.45) is 0 Å². The van der Waals surface area contributed by atoms with Gasteiger partial charge in [0.15, 0.2) is 5.13 Å². The monoisotopic (exact) mass is 612 g/mol. The van der Waals surface area contributed by atoms with Crippen LogP contribution in [0.1, 0.15) is 59.2 Å². The second-order valence-corrected chi connectivity index (χ2v) is 11.0. The second-order valence-electron chi connectivity index (χ2n) is 10.0. The molecule has 3 aromatic carbocycles. The quantitative estimate of drug-likeness (QED) is 0.0620. The number of esters is 1. The summed E-state index contributed by atoms with van der Waals surface area (Å²) in [6.45, 7) is 6.07. The predicted molar refractivity (Wildman–Crippen MR) is 167 cm³/mol. The number of anilines is 1. The molecule has 44 heavy (non-hydrogen) atoms. The van der Waals surface area contributed by atoms with E-state index in [1.807, 2.05) is 30.3 Å². The van der Waals surface area contributed by atoms with Crippen LogP contribution in [0.25, 0.3) is 5.76 Å². The lowest BCUT2D eigenvalue weighted by Crippen LogP contribution is -2.29. The molecule has 0 radical (unpaired) electrons. The minimum absolute atomic E-state index is 0.122. The summed E-state index contributed by atoms with van der Waals surface area (Å²) in [4.78, 5) is 45.9. The number of ketones is 1. The third-order valence-corrected chi connectivity index (χ3v) is 8.06. The molecule has 1 aliphatic rings. The Morgan fingerprint density at radius 2 is 1.68 bits per heavy atom. The topological polar surface area (TPSA) is 115 Å². The molecule has 0 spiro atoms. The van der Waals surface area contributed by atoms with Gasteiger partial charge < -0.3 is 19.3 Å². The smallest absolute Gasteiger partial charge is 0.350 e. The molecule has 0 saturated carbocycles. The summed E-state index contributed by atoms with van der Waals surface area (Å²) in [7, 11) is 0. The first-order valence-electron chi connectivity index (χ1n) is 14.3. The Morgan fingerprint density at radius 3 is 2.43 bits per heavy atom. The van der Waals surface area contributed by atoms with E-state index in [9.17, 15) is 19.5 Å². The molecule has 9 nitrogen and oxygen atoms in total. The van der Waals surface area contributed by atoms with Crippen molar-refractivity contribution < 1.29 is 33.7 Å². The average Bonchev–Trinajstić information content (AvgIpc) is 3.54. The van der Waals surface area contributed by atoms with E-state index in [0.717, 1.165) is 24.2 Å². The van der Waals surface area contributed by atoms with Crippen LogP contribution in [0.2, 0.25) is 0 Å². The lowest BCUT2D eigenvalue weighted by atomic mass is 9.95. The molecule has 4 aromatic rings. The molecule has 1 amide bonds. The lowest BCUT2D eigenvalue weighted by Gasteiger charge is -2.23. The molecule has 10 heteroatoms. The highest BCUT2D eigenvalue weighted by molar-refractivity contribution is 7.17. The van der Waals surface area contributed by atoms with Gasteiger partial charge in [-0.15, -0.1) is 0 Å². The van der Waals surface area contributed by atoms with Crippen molar-refractivity contribution in [2.75, 3.05) is 18.1 Å². The van der Waals surface area contributed by atoms with E-state index in [0.29, 0.717) is 40.7 Å². The number of carbonyl (C=O) groups excluding carboxylic acids is 3. The molecular formula is C34H32N2O7S. The number of nitrogens with zero attached hydrogens (tertiary/aromatic N) is 2. The summed E-state index contributed by atoms with van der Waals surface area (Å²) in [5.41, 5.74) is 1.06. The molecule has 1 aromatic heterocycles. The number of hydrogen-bond donors (Lipinski definition) is 1. The van der Waals surface area contributed by atoms with Gasteiger partial charge in [-0.2, -0.15) is 0 Å². The van der Waals surface area contributed by atoms with Crippen molar-refractivity contribution in [2.45, 2.75) is 39.7 Å². The van der Waals surface area contributed by atoms with E-state index >= 15 is 0 Å². The van der Waals surface area contributed by atoms with Crippen LogP contribution in [0.15, 0.2) is 84.4 Å². The first-order valence-corrected chi connectivity index (χ1v) is 15.2. The number of unbranched alkanes of at least 4 members (excludes halogenated alkanes) is 1. The molecule has 1 atom stereocenters. The predicted octanol–water partition coefficient (Wildman–Crippen LogP) is 7.23. The molecule has 0 bridgehead atoms. The van der Waals surface area contributed by atoms with Crippen molar-refractivity contribution in [1.82, 2.24) is 4.98 Å². The van der Waals surface area contributed by atoms with Crippen LogP contribution in [-0.2, 0) is 14.3 Å². The molecule has 1 fully saturated rings. The zero-order valence-corrected chi connectivity index (χ0v) is 25.4. The maximum Gasteiger partial charge on any atom is 0.350 e. The number of benzene rings is 3. The van der Waals surface area contributed by atoms with Crippen molar-refractivity contribution in [3.8, 4) is 17.2 Å². The molecule has 2 heterocycles. The van der Waals surface area contributed by atoms with Gasteiger partial charge in [-0.05, 0) is 62.2 Å². The first kappa shape index (κ1) is 30.5. The van der Waals surface area contributed by atoms with Gasteiger partial charge in [-0.25, -0.2) is 9.78 Å². The van der Waals surface area contributed by atoms with Crippen molar-refractivity contribution in [3.05, 3.63) is 106 Å². The Labute approximate surface area is 259 Å². The Kier molecular flexibility index (Phi) is 9.40. The number of aryl methyl sites for hydroxylation is 1. The standard InChI is InChI=1S/C34H32N2O7S/c1-4-6-18-42-25-16-11-13-23(20-25)29(37)27-28(22-12-10-17-26(19-22)43-24-14-8-7-9-15-24)36(32(39)30(27)38)34-35-21(3)31(44-34)33(40)41-5-2/h7-17,19-20,28,37H,4-6,18H2,1-3H3/b29-27+. The maximum absolute atomic E-state index is 13.7. The van der Waals surface area contributed by atoms with Crippen LogP contribution in [0, 0.1) is 6.92 Å². The minimum Gasteiger partial charge on any atom is -0.507 e. The van der Waals surface area contributed by atoms with Crippen LogP contribution in [-0.4, -0.2) is 41.0 Å². The molecule has 0 aliphatic carbocycles. The molecule has 226 valence electrons. The van der Waals surface area contributed by atoms with Crippen LogP contribution in [0.5, 0.6) is 17.2 Å². The van der Waals surface area contributed by atoms with Crippen LogP contribution >= 0.6 is 11.3 Å². The third kappa shape index (κ3) is 6.35. The maximum atomic E-state index is 13.7. The molecule has 1 unspecified atom stereocenters. The van der Waals surface area contributed by atoms with E-state index in [1.165, 1.54) is 4.90 Å². The fourth-order valence-corrected chi connectivity index (χ4v) is 5.80. The zero-order valence-electron chi connectivity index (χ0n) is 24.6. The van der Waals surface area contributed by atoms with Gasteiger partial charge in [0, 0.05) is 5.56 Å². The van der Waals surface area contributed by atoms with Gasteiger partial charge in [0.1, 0.15) is 27.9 Å². The normalized spacial score (nSPS) is 15.8. The van der Waals surface area contributed by atoms with Gasteiger partial charge in [0.05, 0.1) is 30.5 Å². The third-order valence-electron chi connectivity index (χ3n) is 6.92. The summed E-state index contributed by atoms with van der Waals surface area (Å²) in [5, 5.41) is 11.8. The Balaban J connectivity index is 1.63. The van der Waals surface area contributed by atoms with Gasteiger partial charge in [0.2, 0.25) is 0 Å². The summed E-state index contributed by atoms with van der Waals surface area (Å²) >= 11 is 0.951. The van der Waals surface area contributed by atoms with Crippen molar-refractivity contribution in [1.29, 1.82) is 0 Å². The number of carbonyl (C=O) groups is 3. The average molecular weight is 613 g/mol. The van der Waals surface area contributed by atoms with Gasteiger partial charge >= 0.3 is 11.9 Å². The van der Waals surface area contributed by atoms with Gasteiger partial charge in [-0.3, -0.25) is 14.5 Å². The number of rotatable bonds is 11.